The normalized spacial score (nSPS) is 17.5. The zero-order chi connectivity index (χ0) is 17.6. The van der Waals surface area contributed by atoms with E-state index in [1.165, 1.54) is 11.5 Å². The Hall–Kier alpha value is -1.70. The second-order valence-electron chi connectivity index (χ2n) is 5.98. The third-order valence-electron chi connectivity index (χ3n) is 4.11. The van der Waals surface area contributed by atoms with Crippen LogP contribution in [0.5, 0.6) is 0 Å². The van der Waals surface area contributed by atoms with Gasteiger partial charge in [-0.3, -0.25) is 9.63 Å². The van der Waals surface area contributed by atoms with Crippen LogP contribution in [0.4, 0.5) is 5.13 Å². The number of nitrogens with zero attached hydrogens (tertiary/aromatic N) is 3. The van der Waals surface area contributed by atoms with E-state index < -0.39 is 0 Å². The molecule has 2 heterocycles. The molecule has 3 rings (SSSR count). The van der Waals surface area contributed by atoms with Crippen molar-refractivity contribution < 1.29 is 9.63 Å². The minimum absolute atomic E-state index is 0.0579. The fraction of sp³-hybridized carbons (Fsp3) is 0.471. The molecule has 1 aliphatic rings. The highest BCUT2D eigenvalue weighted by atomic mass is 35.5. The van der Waals surface area contributed by atoms with Crippen molar-refractivity contribution in [2.75, 3.05) is 24.6 Å². The monoisotopic (exact) mass is 380 g/mol. The molecule has 1 amide bonds. The summed E-state index contributed by atoms with van der Waals surface area (Å²) in [5.74, 6) is 0.657. The Balaban J connectivity index is 1.61. The fourth-order valence-corrected chi connectivity index (χ4v) is 3.67. The number of nitrogens with one attached hydrogen (secondary N) is 1. The summed E-state index contributed by atoms with van der Waals surface area (Å²) in [6, 6.07) is 7.71. The first-order valence-electron chi connectivity index (χ1n) is 8.39. The summed E-state index contributed by atoms with van der Waals surface area (Å²) >= 11 is 7.30. The first-order valence-corrected chi connectivity index (χ1v) is 9.54. The molecule has 8 heteroatoms. The maximum Gasteiger partial charge on any atom is 0.248 e. The fourth-order valence-electron chi connectivity index (χ4n) is 2.82. The second kappa shape index (κ2) is 8.60. The van der Waals surface area contributed by atoms with Gasteiger partial charge in [0.15, 0.2) is 0 Å². The average Bonchev–Trinajstić information content (AvgIpc) is 3.10. The molecule has 0 bridgehead atoms. The molecule has 1 saturated heterocycles. The van der Waals surface area contributed by atoms with E-state index in [0.717, 1.165) is 40.9 Å². The first-order chi connectivity index (χ1) is 12.2. The van der Waals surface area contributed by atoms with E-state index in [-0.39, 0.29) is 11.8 Å². The summed E-state index contributed by atoms with van der Waals surface area (Å²) in [6.07, 6.45) is 2.50. The highest BCUT2D eigenvalue weighted by Gasteiger charge is 2.27. The number of piperidine rings is 1. The molecule has 6 nitrogen and oxygen atoms in total. The van der Waals surface area contributed by atoms with Crippen LogP contribution in [0.25, 0.3) is 0 Å². The number of aromatic nitrogens is 2. The van der Waals surface area contributed by atoms with Crippen molar-refractivity contribution in [3.63, 3.8) is 0 Å². The van der Waals surface area contributed by atoms with Crippen molar-refractivity contribution in [1.29, 1.82) is 0 Å². The third-order valence-corrected chi connectivity index (χ3v) is 5.18. The molecule has 1 aromatic heterocycles. The highest BCUT2D eigenvalue weighted by Crippen LogP contribution is 2.25. The van der Waals surface area contributed by atoms with Crippen molar-refractivity contribution in [2.24, 2.45) is 5.92 Å². The summed E-state index contributed by atoms with van der Waals surface area (Å²) in [4.78, 5) is 23.9. The second-order valence-corrected chi connectivity index (χ2v) is 7.15. The lowest BCUT2D eigenvalue weighted by Crippen LogP contribution is -2.43. The standard InChI is InChI=1S/C17H21ClN4O2S/c1-2-24-20-16(23)13-4-3-9-22(11-13)17-19-15(21-25-17)10-12-5-7-14(18)8-6-12/h5-8,13H,2-4,9-11H2,1H3,(H,20,23). The van der Waals surface area contributed by atoms with Crippen molar-refractivity contribution in [3.05, 3.63) is 40.7 Å². The molecule has 2 aromatic rings. The summed E-state index contributed by atoms with van der Waals surface area (Å²) in [5, 5.41) is 1.60. The zero-order valence-corrected chi connectivity index (χ0v) is 15.6. The van der Waals surface area contributed by atoms with Crippen LogP contribution in [-0.4, -0.2) is 35.0 Å². The lowest BCUT2D eigenvalue weighted by atomic mass is 9.98. The Morgan fingerprint density at radius 1 is 1.44 bits per heavy atom. The van der Waals surface area contributed by atoms with E-state index in [9.17, 15) is 4.79 Å². The summed E-state index contributed by atoms with van der Waals surface area (Å²) < 4.78 is 4.46. The Kier molecular flexibility index (Phi) is 6.23. The zero-order valence-electron chi connectivity index (χ0n) is 14.1. The quantitative estimate of drug-likeness (QED) is 0.780. The number of rotatable bonds is 6. The van der Waals surface area contributed by atoms with Crippen molar-refractivity contribution >= 4 is 34.2 Å². The van der Waals surface area contributed by atoms with Gasteiger partial charge in [-0.25, -0.2) is 10.5 Å². The van der Waals surface area contributed by atoms with Crippen LogP contribution in [0.2, 0.25) is 5.02 Å². The SMILES string of the molecule is CCONC(=O)C1CCCN(c2nc(Cc3ccc(Cl)cc3)ns2)C1. The smallest absolute Gasteiger partial charge is 0.248 e. The van der Waals surface area contributed by atoms with Crippen LogP contribution in [0.1, 0.15) is 31.2 Å². The van der Waals surface area contributed by atoms with Crippen LogP contribution in [0.3, 0.4) is 0 Å². The summed E-state index contributed by atoms with van der Waals surface area (Å²) in [5.41, 5.74) is 3.63. The van der Waals surface area contributed by atoms with Crippen LogP contribution < -0.4 is 10.4 Å². The Labute approximate surface area is 156 Å². The minimum Gasteiger partial charge on any atom is -0.346 e. The number of hydrogen-bond acceptors (Lipinski definition) is 6. The lowest BCUT2D eigenvalue weighted by Gasteiger charge is -2.31. The van der Waals surface area contributed by atoms with Crippen LogP contribution in [0.15, 0.2) is 24.3 Å². The minimum atomic E-state index is -0.0797. The summed E-state index contributed by atoms with van der Waals surface area (Å²) in [7, 11) is 0. The largest absolute Gasteiger partial charge is 0.346 e. The predicted octanol–water partition coefficient (Wildman–Crippen LogP) is 3.07. The number of carbonyl (C=O) groups excluding carboxylic acids is 1. The molecule has 1 N–H and O–H groups in total. The maximum absolute atomic E-state index is 12.1. The van der Waals surface area contributed by atoms with Gasteiger partial charge in [0.2, 0.25) is 11.0 Å². The molecule has 1 aliphatic heterocycles. The van der Waals surface area contributed by atoms with Gasteiger partial charge in [-0.1, -0.05) is 23.7 Å². The number of hydroxylamine groups is 1. The van der Waals surface area contributed by atoms with Crippen LogP contribution in [-0.2, 0) is 16.1 Å². The van der Waals surface area contributed by atoms with Gasteiger partial charge in [0.1, 0.15) is 5.82 Å². The molecule has 0 radical (unpaired) electrons. The van der Waals surface area contributed by atoms with Crippen molar-refractivity contribution in [3.8, 4) is 0 Å². The maximum atomic E-state index is 12.1. The van der Waals surface area contributed by atoms with Crippen molar-refractivity contribution in [2.45, 2.75) is 26.2 Å². The molecular weight excluding hydrogens is 360 g/mol. The topological polar surface area (TPSA) is 67.3 Å². The van der Waals surface area contributed by atoms with Gasteiger partial charge in [0.05, 0.1) is 12.5 Å². The number of carbonyl (C=O) groups is 1. The molecular formula is C17H21ClN4O2S. The lowest BCUT2D eigenvalue weighted by molar-refractivity contribution is -0.137. The molecule has 1 aromatic carbocycles. The Morgan fingerprint density at radius 3 is 3.00 bits per heavy atom. The molecule has 0 aliphatic carbocycles. The number of halogens is 1. The van der Waals surface area contributed by atoms with E-state index >= 15 is 0 Å². The van der Waals surface area contributed by atoms with Crippen LogP contribution >= 0.6 is 23.1 Å². The van der Waals surface area contributed by atoms with Gasteiger partial charge in [-0.15, -0.1) is 0 Å². The number of anilines is 1. The highest BCUT2D eigenvalue weighted by molar-refractivity contribution is 7.09. The van der Waals surface area contributed by atoms with E-state index in [0.29, 0.717) is 19.6 Å². The van der Waals surface area contributed by atoms with Gasteiger partial charge in [0, 0.05) is 36.1 Å². The van der Waals surface area contributed by atoms with E-state index in [4.69, 9.17) is 16.4 Å². The first kappa shape index (κ1) is 18.1. The van der Waals surface area contributed by atoms with Crippen LogP contribution in [0, 0.1) is 5.92 Å². The van der Waals surface area contributed by atoms with E-state index in [1.807, 2.05) is 31.2 Å². The number of benzene rings is 1. The van der Waals surface area contributed by atoms with Crippen molar-refractivity contribution in [1.82, 2.24) is 14.8 Å². The Bertz CT molecular complexity index is 707. The molecule has 1 fully saturated rings. The average molecular weight is 381 g/mol. The van der Waals surface area contributed by atoms with E-state index in [1.54, 1.807) is 0 Å². The van der Waals surface area contributed by atoms with E-state index in [2.05, 4.69) is 19.7 Å². The predicted molar refractivity (Wildman–Crippen MR) is 98.9 cm³/mol. The third kappa shape index (κ3) is 4.90. The molecule has 0 spiro atoms. The molecule has 25 heavy (non-hydrogen) atoms. The van der Waals surface area contributed by atoms with Gasteiger partial charge >= 0.3 is 0 Å². The van der Waals surface area contributed by atoms with Gasteiger partial charge in [-0.05, 0) is 37.5 Å². The van der Waals surface area contributed by atoms with Gasteiger partial charge in [0.25, 0.3) is 0 Å². The number of amides is 1. The molecule has 134 valence electrons. The summed E-state index contributed by atoms with van der Waals surface area (Å²) in [6.45, 7) is 3.85. The number of hydrogen-bond donors (Lipinski definition) is 1. The van der Waals surface area contributed by atoms with Gasteiger partial charge in [-0.2, -0.15) is 4.37 Å². The Morgan fingerprint density at radius 2 is 2.24 bits per heavy atom. The molecule has 1 atom stereocenters. The molecule has 1 unspecified atom stereocenters. The molecule has 0 saturated carbocycles. The van der Waals surface area contributed by atoms with Gasteiger partial charge < -0.3 is 4.90 Å².